The number of hydrogen-bond acceptors (Lipinski definition) is 3. The second-order valence-corrected chi connectivity index (χ2v) is 5.79. The molecule has 1 amide bonds. The fraction of sp³-hybridized carbons (Fsp3) is 0.222. The number of para-hydroxylation sites is 3. The van der Waals surface area contributed by atoms with Crippen LogP contribution in [0.1, 0.15) is 5.56 Å². The van der Waals surface area contributed by atoms with Gasteiger partial charge in [-0.25, -0.2) is 4.99 Å². The van der Waals surface area contributed by atoms with Crippen LogP contribution in [-0.4, -0.2) is 31.3 Å². The third kappa shape index (κ3) is 4.69. The molecular formula is C18H17F3N4O2. The highest BCUT2D eigenvalue weighted by Gasteiger charge is 2.32. The molecule has 0 atom stereocenters. The minimum absolute atomic E-state index is 0.00459. The summed E-state index contributed by atoms with van der Waals surface area (Å²) in [6.45, 7) is 0.332. The van der Waals surface area contributed by atoms with Gasteiger partial charge in [0.2, 0.25) is 5.91 Å². The molecule has 3 rings (SSSR count). The van der Waals surface area contributed by atoms with E-state index in [0.717, 1.165) is 23.7 Å². The number of benzene rings is 2. The zero-order valence-electron chi connectivity index (χ0n) is 14.2. The lowest BCUT2D eigenvalue weighted by Crippen LogP contribution is -2.32. The first-order valence-corrected chi connectivity index (χ1v) is 8.13. The summed E-state index contributed by atoms with van der Waals surface area (Å²) in [5.41, 5.74) is 7.63. The van der Waals surface area contributed by atoms with Crippen LogP contribution in [0.2, 0.25) is 0 Å². The van der Waals surface area contributed by atoms with E-state index < -0.39 is 12.1 Å². The number of ether oxygens (including phenoxy) is 1. The summed E-state index contributed by atoms with van der Waals surface area (Å²) in [4.78, 5) is 17.9. The fourth-order valence-electron chi connectivity index (χ4n) is 2.80. The molecule has 2 aromatic rings. The lowest BCUT2D eigenvalue weighted by Gasteiger charge is -2.16. The topological polar surface area (TPSA) is 80.0 Å². The molecular weight excluding hydrogens is 361 g/mol. The van der Waals surface area contributed by atoms with E-state index in [1.807, 2.05) is 24.3 Å². The number of nitrogens with one attached hydrogen (secondary N) is 1. The molecule has 0 saturated carbocycles. The van der Waals surface area contributed by atoms with Gasteiger partial charge in [0.25, 0.3) is 0 Å². The fourth-order valence-corrected chi connectivity index (χ4v) is 2.80. The molecule has 3 N–H and O–H groups in total. The van der Waals surface area contributed by atoms with Crippen molar-refractivity contribution >= 4 is 23.2 Å². The highest BCUT2D eigenvalue weighted by Crippen LogP contribution is 2.30. The van der Waals surface area contributed by atoms with Crippen LogP contribution < -0.4 is 20.7 Å². The molecule has 27 heavy (non-hydrogen) atoms. The van der Waals surface area contributed by atoms with Crippen LogP contribution in [0.3, 0.4) is 0 Å². The summed E-state index contributed by atoms with van der Waals surface area (Å²) in [5, 5.41) is 2.53. The molecule has 0 unspecified atom stereocenters. The van der Waals surface area contributed by atoms with E-state index in [2.05, 4.69) is 15.0 Å². The van der Waals surface area contributed by atoms with Crippen molar-refractivity contribution in [2.75, 3.05) is 23.3 Å². The van der Waals surface area contributed by atoms with Crippen molar-refractivity contribution in [1.29, 1.82) is 0 Å². The van der Waals surface area contributed by atoms with E-state index in [4.69, 9.17) is 5.73 Å². The third-order valence-electron chi connectivity index (χ3n) is 3.95. The van der Waals surface area contributed by atoms with Crippen LogP contribution in [0.4, 0.5) is 24.5 Å². The first kappa shape index (κ1) is 18.6. The van der Waals surface area contributed by atoms with Crippen molar-refractivity contribution in [2.45, 2.75) is 12.8 Å². The molecule has 6 nitrogen and oxygen atoms in total. The second-order valence-electron chi connectivity index (χ2n) is 5.79. The van der Waals surface area contributed by atoms with Crippen LogP contribution in [0.15, 0.2) is 53.5 Å². The summed E-state index contributed by atoms with van der Waals surface area (Å²) >= 11 is 0. The Bertz CT molecular complexity index is 868. The summed E-state index contributed by atoms with van der Waals surface area (Å²) in [6, 6.07) is 13.0. The number of carbonyl (C=O) groups excluding carboxylic acids is 1. The molecule has 0 spiro atoms. The molecule has 1 heterocycles. The second kappa shape index (κ2) is 7.56. The highest BCUT2D eigenvalue weighted by molar-refractivity contribution is 5.99. The predicted octanol–water partition coefficient (Wildman–Crippen LogP) is 2.90. The van der Waals surface area contributed by atoms with Crippen molar-refractivity contribution in [3.63, 3.8) is 0 Å². The summed E-state index contributed by atoms with van der Waals surface area (Å²) in [7, 11) is 0. The number of nitrogens with two attached hydrogens (primary N) is 1. The number of alkyl halides is 3. The van der Waals surface area contributed by atoms with Crippen LogP contribution in [0, 0.1) is 0 Å². The van der Waals surface area contributed by atoms with Crippen LogP contribution in [-0.2, 0) is 11.2 Å². The maximum Gasteiger partial charge on any atom is 0.573 e. The minimum atomic E-state index is -4.83. The molecule has 142 valence electrons. The minimum Gasteiger partial charge on any atom is -0.404 e. The Morgan fingerprint density at radius 1 is 1.19 bits per heavy atom. The molecule has 9 heteroatoms. The Morgan fingerprint density at radius 2 is 1.89 bits per heavy atom. The average Bonchev–Trinajstić information content (AvgIpc) is 3.04. The SMILES string of the molecule is NC(=NCC(=O)N1CCc2ccccc21)Nc1ccccc1OC(F)(F)F. The maximum atomic E-state index is 12.4. The average molecular weight is 378 g/mol. The normalized spacial score (nSPS) is 14.0. The molecule has 0 aromatic heterocycles. The van der Waals surface area contributed by atoms with Gasteiger partial charge < -0.3 is 20.7 Å². The Kier molecular flexibility index (Phi) is 5.20. The van der Waals surface area contributed by atoms with Crippen molar-refractivity contribution in [3.05, 3.63) is 54.1 Å². The quantitative estimate of drug-likeness (QED) is 0.633. The Labute approximate surface area is 153 Å². The number of halogens is 3. The summed E-state index contributed by atoms with van der Waals surface area (Å²) < 4.78 is 41.3. The molecule has 1 aliphatic rings. The number of rotatable bonds is 4. The summed E-state index contributed by atoms with van der Waals surface area (Å²) in [6.07, 6.45) is -4.07. The van der Waals surface area contributed by atoms with Crippen molar-refractivity contribution in [3.8, 4) is 5.75 Å². The number of hydrogen-bond donors (Lipinski definition) is 2. The monoisotopic (exact) mass is 378 g/mol. The molecule has 0 saturated heterocycles. The molecule has 0 aliphatic carbocycles. The van der Waals surface area contributed by atoms with Gasteiger partial charge in [-0.3, -0.25) is 4.79 Å². The Balaban J connectivity index is 1.65. The van der Waals surface area contributed by atoms with E-state index >= 15 is 0 Å². The Morgan fingerprint density at radius 3 is 2.67 bits per heavy atom. The lowest BCUT2D eigenvalue weighted by atomic mass is 10.2. The van der Waals surface area contributed by atoms with Gasteiger partial charge in [0.15, 0.2) is 11.7 Å². The van der Waals surface area contributed by atoms with E-state index in [1.54, 1.807) is 4.90 Å². The van der Waals surface area contributed by atoms with E-state index in [0.29, 0.717) is 6.54 Å². The number of carbonyl (C=O) groups is 1. The van der Waals surface area contributed by atoms with E-state index in [9.17, 15) is 18.0 Å². The molecule has 0 fully saturated rings. The van der Waals surface area contributed by atoms with Gasteiger partial charge >= 0.3 is 6.36 Å². The van der Waals surface area contributed by atoms with Gasteiger partial charge in [-0.1, -0.05) is 30.3 Å². The number of amides is 1. The van der Waals surface area contributed by atoms with Crippen molar-refractivity contribution < 1.29 is 22.7 Å². The molecule has 0 bridgehead atoms. The Hall–Kier alpha value is -3.23. The van der Waals surface area contributed by atoms with E-state index in [-0.39, 0.29) is 24.1 Å². The van der Waals surface area contributed by atoms with Gasteiger partial charge in [0, 0.05) is 12.2 Å². The molecule has 0 radical (unpaired) electrons. The highest BCUT2D eigenvalue weighted by atomic mass is 19.4. The van der Waals surface area contributed by atoms with Crippen LogP contribution in [0.25, 0.3) is 0 Å². The van der Waals surface area contributed by atoms with Gasteiger partial charge in [0.05, 0.1) is 5.69 Å². The zero-order chi connectivity index (χ0) is 19.4. The molecule has 1 aliphatic heterocycles. The smallest absolute Gasteiger partial charge is 0.404 e. The summed E-state index contributed by atoms with van der Waals surface area (Å²) in [5.74, 6) is -0.874. The maximum absolute atomic E-state index is 12.4. The largest absolute Gasteiger partial charge is 0.573 e. The first-order chi connectivity index (χ1) is 12.8. The number of aliphatic imine (C=N–C) groups is 1. The van der Waals surface area contributed by atoms with Crippen molar-refractivity contribution in [1.82, 2.24) is 0 Å². The van der Waals surface area contributed by atoms with Crippen LogP contribution >= 0.6 is 0 Å². The number of nitrogens with zero attached hydrogens (tertiary/aromatic N) is 2. The van der Waals surface area contributed by atoms with Crippen molar-refractivity contribution in [2.24, 2.45) is 10.7 Å². The van der Waals surface area contributed by atoms with Gasteiger partial charge in [-0.05, 0) is 30.2 Å². The number of guanidine groups is 1. The third-order valence-corrected chi connectivity index (χ3v) is 3.95. The van der Waals surface area contributed by atoms with Gasteiger partial charge in [0.1, 0.15) is 6.54 Å². The number of anilines is 2. The predicted molar refractivity (Wildman–Crippen MR) is 95.7 cm³/mol. The van der Waals surface area contributed by atoms with Gasteiger partial charge in [-0.2, -0.15) is 0 Å². The first-order valence-electron chi connectivity index (χ1n) is 8.13. The van der Waals surface area contributed by atoms with Crippen LogP contribution in [0.5, 0.6) is 5.75 Å². The zero-order valence-corrected chi connectivity index (χ0v) is 14.2. The van der Waals surface area contributed by atoms with E-state index in [1.165, 1.54) is 18.2 Å². The molecule has 2 aromatic carbocycles. The number of fused-ring (bicyclic) bond motifs is 1. The lowest BCUT2D eigenvalue weighted by molar-refractivity contribution is -0.274. The van der Waals surface area contributed by atoms with Gasteiger partial charge in [-0.15, -0.1) is 13.2 Å². The standard InChI is InChI=1S/C18H17F3N4O2/c19-18(20,21)27-15-8-4-2-6-13(15)24-17(22)23-11-16(26)25-10-9-12-5-1-3-7-14(12)25/h1-8H,9-11H2,(H3,22,23,24).